The molecule has 0 N–H and O–H groups in total. The first-order valence-electron chi connectivity index (χ1n) is 3.24. The maximum atomic E-state index is 12.3. The van der Waals surface area contributed by atoms with E-state index < -0.39 is 27.6 Å². The molecule has 0 fully saturated rings. The molecule has 0 saturated carbocycles. The molecule has 1 aromatic rings. The molecule has 1 aromatic heterocycles. The smallest absolute Gasteiger partial charge is 0.298 e. The van der Waals surface area contributed by atoms with Crippen LogP contribution in [0.2, 0.25) is 10.3 Å². The van der Waals surface area contributed by atoms with E-state index in [1.54, 1.807) is 0 Å². The predicted octanol–water partition coefficient (Wildman–Crippen LogP) is 3.22. The molecule has 76 valence electrons. The molecule has 0 unspecified atom stereocenters. The molecule has 0 bridgehead atoms. The van der Waals surface area contributed by atoms with Gasteiger partial charge in [0.25, 0.3) is 0 Å². The van der Waals surface area contributed by atoms with Gasteiger partial charge in [0.2, 0.25) is 0 Å². The van der Waals surface area contributed by atoms with Crippen LogP contribution in [0.4, 0.5) is 13.2 Å². The first-order valence-corrected chi connectivity index (χ1v) is 4.00. The van der Waals surface area contributed by atoms with Crippen molar-refractivity contribution in [2.24, 2.45) is 0 Å². The average Bonchev–Trinajstić information content (AvgIpc) is 2.01. The fourth-order valence-electron chi connectivity index (χ4n) is 0.841. The van der Waals surface area contributed by atoms with Crippen molar-refractivity contribution in [3.8, 4) is 0 Å². The Morgan fingerprint density at radius 3 is 2.36 bits per heavy atom. The van der Waals surface area contributed by atoms with Crippen LogP contribution in [-0.2, 0) is 6.18 Å². The normalized spacial score (nSPS) is 11.5. The van der Waals surface area contributed by atoms with Gasteiger partial charge < -0.3 is 0 Å². The summed E-state index contributed by atoms with van der Waals surface area (Å²) in [5, 5.41) is -0.965. The fourth-order valence-corrected chi connectivity index (χ4v) is 1.32. The lowest BCUT2D eigenvalue weighted by molar-refractivity contribution is -0.137. The Morgan fingerprint density at radius 2 is 1.93 bits per heavy atom. The van der Waals surface area contributed by atoms with Crippen LogP contribution in [0.5, 0.6) is 0 Å². The number of rotatable bonds is 1. The number of aromatic nitrogens is 1. The summed E-state index contributed by atoms with van der Waals surface area (Å²) in [5.74, 6) is 0. The van der Waals surface area contributed by atoms with Crippen molar-refractivity contribution in [3.05, 3.63) is 27.5 Å². The third-order valence-corrected chi connectivity index (χ3v) is 1.89. The van der Waals surface area contributed by atoms with Crippen LogP contribution in [0.3, 0.4) is 0 Å². The number of carbonyl (C=O) groups excluding carboxylic acids is 1. The number of carbonyl (C=O) groups is 1. The maximum Gasteiger partial charge on any atom is 0.417 e. The molecule has 0 atom stereocenters. The first-order chi connectivity index (χ1) is 6.36. The van der Waals surface area contributed by atoms with Gasteiger partial charge in [0.05, 0.1) is 11.1 Å². The number of nitrogens with zero attached hydrogens (tertiary/aromatic N) is 1. The van der Waals surface area contributed by atoms with E-state index in [1.807, 2.05) is 0 Å². The van der Waals surface area contributed by atoms with Gasteiger partial charge in [-0.15, -0.1) is 0 Å². The summed E-state index contributed by atoms with van der Waals surface area (Å²) in [6, 6.07) is 0.553. The molecule has 0 aliphatic carbocycles. The minimum atomic E-state index is -4.67. The predicted molar refractivity (Wildman–Crippen MR) is 44.6 cm³/mol. The van der Waals surface area contributed by atoms with Gasteiger partial charge in [-0.25, -0.2) is 4.98 Å². The monoisotopic (exact) mass is 243 g/mol. The number of pyridine rings is 1. The summed E-state index contributed by atoms with van der Waals surface area (Å²) in [4.78, 5) is 13.7. The van der Waals surface area contributed by atoms with E-state index in [0.29, 0.717) is 6.07 Å². The van der Waals surface area contributed by atoms with Crippen LogP contribution < -0.4 is 0 Å². The van der Waals surface area contributed by atoms with Crippen molar-refractivity contribution in [2.75, 3.05) is 0 Å². The van der Waals surface area contributed by atoms with Crippen molar-refractivity contribution in [1.82, 2.24) is 4.98 Å². The number of halogens is 5. The molecule has 0 aliphatic rings. The molecule has 1 rings (SSSR count). The summed E-state index contributed by atoms with van der Waals surface area (Å²) >= 11 is 10.6. The lowest BCUT2D eigenvalue weighted by Gasteiger charge is -2.09. The van der Waals surface area contributed by atoms with Gasteiger partial charge in [-0.2, -0.15) is 13.2 Å². The van der Waals surface area contributed by atoms with Crippen LogP contribution in [0, 0.1) is 0 Å². The number of hydrogen-bond acceptors (Lipinski definition) is 2. The van der Waals surface area contributed by atoms with Crippen molar-refractivity contribution in [3.63, 3.8) is 0 Å². The minimum absolute atomic E-state index is 0.00547. The highest BCUT2D eigenvalue weighted by Crippen LogP contribution is 2.34. The Kier molecular flexibility index (Phi) is 3.01. The molecular weight excluding hydrogens is 242 g/mol. The molecule has 2 nitrogen and oxygen atoms in total. The summed E-state index contributed by atoms with van der Waals surface area (Å²) < 4.78 is 36.9. The van der Waals surface area contributed by atoms with Crippen LogP contribution in [0.25, 0.3) is 0 Å². The maximum absolute atomic E-state index is 12.3. The van der Waals surface area contributed by atoms with Crippen molar-refractivity contribution in [1.29, 1.82) is 0 Å². The number of aldehydes is 1. The van der Waals surface area contributed by atoms with E-state index in [0.717, 1.165) is 0 Å². The highest BCUT2D eigenvalue weighted by molar-refractivity contribution is 6.34. The highest BCUT2D eigenvalue weighted by Gasteiger charge is 2.35. The summed E-state index contributed by atoms with van der Waals surface area (Å²) in [5.41, 5.74) is -1.89. The van der Waals surface area contributed by atoms with E-state index in [-0.39, 0.29) is 6.29 Å². The Hall–Kier alpha value is -0.810. The Balaban J connectivity index is 3.48. The number of hydrogen-bond donors (Lipinski definition) is 0. The molecule has 0 aliphatic heterocycles. The SMILES string of the molecule is O=Cc1c(C(F)(F)F)cc(Cl)nc1Cl. The Labute approximate surface area is 86.6 Å². The minimum Gasteiger partial charge on any atom is -0.298 e. The Bertz CT molecular complexity index is 378. The van der Waals surface area contributed by atoms with E-state index >= 15 is 0 Å². The second-order valence-electron chi connectivity index (χ2n) is 2.31. The lowest BCUT2D eigenvalue weighted by atomic mass is 10.1. The summed E-state index contributed by atoms with van der Waals surface area (Å²) in [7, 11) is 0. The van der Waals surface area contributed by atoms with Gasteiger partial charge in [-0.05, 0) is 6.07 Å². The third-order valence-electron chi connectivity index (χ3n) is 1.40. The zero-order valence-electron chi connectivity index (χ0n) is 6.40. The average molecular weight is 244 g/mol. The van der Waals surface area contributed by atoms with Crippen LogP contribution >= 0.6 is 23.2 Å². The van der Waals surface area contributed by atoms with Crippen molar-refractivity contribution >= 4 is 29.5 Å². The van der Waals surface area contributed by atoms with E-state index in [1.165, 1.54) is 0 Å². The molecule has 7 heteroatoms. The topological polar surface area (TPSA) is 30.0 Å². The second-order valence-corrected chi connectivity index (χ2v) is 3.06. The summed E-state index contributed by atoms with van der Waals surface area (Å²) in [6.07, 6.45) is -4.68. The van der Waals surface area contributed by atoms with Gasteiger partial charge in [-0.3, -0.25) is 4.79 Å². The van der Waals surface area contributed by atoms with Crippen LogP contribution in [0.1, 0.15) is 15.9 Å². The largest absolute Gasteiger partial charge is 0.417 e. The molecule has 0 saturated heterocycles. The highest BCUT2D eigenvalue weighted by atomic mass is 35.5. The molecule has 0 aromatic carbocycles. The standard InChI is InChI=1S/C7H2Cl2F3NO/c8-5-1-4(7(10,11)12)3(2-14)6(9)13-5/h1-2H. The van der Waals surface area contributed by atoms with Crippen LogP contribution in [-0.4, -0.2) is 11.3 Å². The van der Waals surface area contributed by atoms with Gasteiger partial charge in [0, 0.05) is 0 Å². The zero-order chi connectivity index (χ0) is 10.9. The molecule has 14 heavy (non-hydrogen) atoms. The lowest BCUT2D eigenvalue weighted by Crippen LogP contribution is -2.10. The van der Waals surface area contributed by atoms with E-state index in [4.69, 9.17) is 23.2 Å². The molecule has 0 spiro atoms. The van der Waals surface area contributed by atoms with Gasteiger partial charge in [-0.1, -0.05) is 23.2 Å². The van der Waals surface area contributed by atoms with Gasteiger partial charge >= 0.3 is 6.18 Å². The first kappa shape index (κ1) is 11.3. The van der Waals surface area contributed by atoms with Crippen LogP contribution in [0.15, 0.2) is 6.07 Å². The molecule has 0 radical (unpaired) electrons. The third kappa shape index (κ3) is 2.16. The quantitative estimate of drug-likeness (QED) is 0.560. The van der Waals surface area contributed by atoms with Crippen molar-refractivity contribution < 1.29 is 18.0 Å². The van der Waals surface area contributed by atoms with E-state index in [2.05, 4.69) is 4.98 Å². The molecular formula is C7H2Cl2F3NO. The fraction of sp³-hybridized carbons (Fsp3) is 0.143. The second kappa shape index (κ2) is 3.74. The van der Waals surface area contributed by atoms with Crippen molar-refractivity contribution in [2.45, 2.75) is 6.18 Å². The summed E-state index contributed by atoms with van der Waals surface area (Å²) in [6.45, 7) is 0. The number of alkyl halides is 3. The Morgan fingerprint density at radius 1 is 1.36 bits per heavy atom. The zero-order valence-corrected chi connectivity index (χ0v) is 7.91. The molecule has 0 amide bonds. The molecule has 1 heterocycles. The van der Waals surface area contributed by atoms with E-state index in [9.17, 15) is 18.0 Å². The van der Waals surface area contributed by atoms with Gasteiger partial charge in [0.1, 0.15) is 10.3 Å². The van der Waals surface area contributed by atoms with Gasteiger partial charge in [0.15, 0.2) is 6.29 Å².